The van der Waals surface area contributed by atoms with Crippen molar-refractivity contribution in [3.63, 3.8) is 0 Å². The lowest BCUT2D eigenvalue weighted by Gasteiger charge is -2.31. The van der Waals surface area contributed by atoms with E-state index >= 15 is 0 Å². The standard InChI is InChI=1S/C23H25NO3/c1-17-4-7-20(8-5-17)23(25,15-19-10-12-24-13-11-19)21-14-18(2)6-9-22(21)27-16-26-3/h4-14,25H,15-16H2,1-3H3. The van der Waals surface area contributed by atoms with Crippen LogP contribution in [0.5, 0.6) is 5.75 Å². The second-order valence-electron chi connectivity index (χ2n) is 6.81. The van der Waals surface area contributed by atoms with Crippen molar-refractivity contribution >= 4 is 0 Å². The van der Waals surface area contributed by atoms with E-state index in [1.165, 1.54) is 0 Å². The Morgan fingerprint density at radius 2 is 1.59 bits per heavy atom. The highest BCUT2D eigenvalue weighted by molar-refractivity contribution is 5.48. The normalized spacial score (nSPS) is 13.2. The minimum Gasteiger partial charge on any atom is -0.467 e. The Morgan fingerprint density at radius 3 is 2.26 bits per heavy atom. The van der Waals surface area contributed by atoms with E-state index in [2.05, 4.69) is 4.98 Å². The second-order valence-corrected chi connectivity index (χ2v) is 6.81. The van der Waals surface area contributed by atoms with E-state index in [0.717, 1.165) is 27.8 Å². The van der Waals surface area contributed by atoms with Crippen LogP contribution in [-0.4, -0.2) is 24.0 Å². The number of nitrogens with zero attached hydrogens (tertiary/aromatic N) is 1. The quantitative estimate of drug-likeness (QED) is 0.641. The summed E-state index contributed by atoms with van der Waals surface area (Å²) in [7, 11) is 1.58. The maximum atomic E-state index is 12.0. The number of aliphatic hydroxyl groups is 1. The van der Waals surface area contributed by atoms with E-state index < -0.39 is 5.60 Å². The van der Waals surface area contributed by atoms with Crippen LogP contribution in [0.1, 0.15) is 27.8 Å². The molecule has 0 radical (unpaired) electrons. The molecule has 0 aliphatic rings. The predicted octanol–water partition coefficient (Wildman–Crippen LogP) is 4.16. The molecule has 27 heavy (non-hydrogen) atoms. The SMILES string of the molecule is COCOc1ccc(C)cc1C(O)(Cc1ccncc1)c1ccc(C)cc1. The zero-order valence-electron chi connectivity index (χ0n) is 16.0. The fourth-order valence-corrected chi connectivity index (χ4v) is 3.19. The van der Waals surface area contributed by atoms with Gasteiger partial charge in [-0.25, -0.2) is 0 Å². The molecular weight excluding hydrogens is 338 g/mol. The van der Waals surface area contributed by atoms with Gasteiger partial charge in [0, 0.05) is 31.5 Å². The van der Waals surface area contributed by atoms with Gasteiger partial charge in [-0.2, -0.15) is 0 Å². The van der Waals surface area contributed by atoms with Crippen molar-refractivity contribution in [1.82, 2.24) is 4.98 Å². The summed E-state index contributed by atoms with van der Waals surface area (Å²) in [4.78, 5) is 4.08. The van der Waals surface area contributed by atoms with Gasteiger partial charge in [-0.05, 0) is 49.2 Å². The first kappa shape index (κ1) is 19.1. The molecule has 0 fully saturated rings. The van der Waals surface area contributed by atoms with E-state index in [1.807, 2.05) is 68.4 Å². The summed E-state index contributed by atoms with van der Waals surface area (Å²) in [5.41, 5.74) is 3.48. The fourth-order valence-electron chi connectivity index (χ4n) is 3.19. The third kappa shape index (κ3) is 4.35. The van der Waals surface area contributed by atoms with E-state index in [-0.39, 0.29) is 6.79 Å². The van der Waals surface area contributed by atoms with Crippen LogP contribution in [-0.2, 0) is 16.8 Å². The number of pyridine rings is 1. The maximum absolute atomic E-state index is 12.0. The van der Waals surface area contributed by atoms with Crippen LogP contribution in [0.15, 0.2) is 67.0 Å². The molecule has 3 rings (SSSR count). The Kier molecular flexibility index (Phi) is 5.89. The van der Waals surface area contributed by atoms with Gasteiger partial charge in [0.05, 0.1) is 0 Å². The Morgan fingerprint density at radius 1 is 0.926 bits per heavy atom. The van der Waals surface area contributed by atoms with Crippen LogP contribution in [0.25, 0.3) is 0 Å². The summed E-state index contributed by atoms with van der Waals surface area (Å²) >= 11 is 0. The number of rotatable bonds is 7. The largest absolute Gasteiger partial charge is 0.467 e. The van der Waals surface area contributed by atoms with Crippen LogP contribution >= 0.6 is 0 Å². The van der Waals surface area contributed by atoms with Crippen LogP contribution < -0.4 is 4.74 Å². The second kappa shape index (κ2) is 8.33. The van der Waals surface area contributed by atoms with E-state index in [1.54, 1.807) is 19.5 Å². The molecule has 3 aromatic rings. The Bertz CT molecular complexity index is 878. The summed E-state index contributed by atoms with van der Waals surface area (Å²) in [6.07, 6.45) is 3.89. The molecule has 0 saturated heterocycles. The zero-order chi connectivity index (χ0) is 19.3. The lowest BCUT2D eigenvalue weighted by Crippen LogP contribution is -2.31. The van der Waals surface area contributed by atoms with E-state index in [9.17, 15) is 5.11 Å². The summed E-state index contributed by atoms with van der Waals surface area (Å²) in [5, 5.41) is 12.0. The molecule has 2 aromatic carbocycles. The summed E-state index contributed by atoms with van der Waals surface area (Å²) < 4.78 is 10.8. The minimum absolute atomic E-state index is 0.120. The molecule has 140 valence electrons. The first-order valence-electron chi connectivity index (χ1n) is 8.94. The van der Waals surface area contributed by atoms with Crippen LogP contribution in [0.2, 0.25) is 0 Å². The van der Waals surface area contributed by atoms with Gasteiger partial charge >= 0.3 is 0 Å². The van der Waals surface area contributed by atoms with Gasteiger partial charge < -0.3 is 14.6 Å². The van der Waals surface area contributed by atoms with Crippen molar-refractivity contribution in [1.29, 1.82) is 0 Å². The number of methoxy groups -OCH3 is 1. The third-order valence-corrected chi connectivity index (χ3v) is 4.65. The van der Waals surface area contributed by atoms with Gasteiger partial charge in [0.2, 0.25) is 0 Å². The molecule has 0 aliphatic heterocycles. The number of hydrogen-bond acceptors (Lipinski definition) is 4. The van der Waals surface area contributed by atoms with Gasteiger partial charge in [-0.1, -0.05) is 41.5 Å². The smallest absolute Gasteiger partial charge is 0.188 e. The summed E-state index contributed by atoms with van der Waals surface area (Å²) in [5.74, 6) is 0.611. The van der Waals surface area contributed by atoms with Crippen LogP contribution in [0, 0.1) is 13.8 Å². The third-order valence-electron chi connectivity index (χ3n) is 4.65. The first-order valence-corrected chi connectivity index (χ1v) is 8.94. The average molecular weight is 363 g/mol. The first-order chi connectivity index (χ1) is 13.0. The van der Waals surface area contributed by atoms with Gasteiger partial charge in [0.1, 0.15) is 11.4 Å². The van der Waals surface area contributed by atoms with Crippen molar-refractivity contribution in [2.75, 3.05) is 13.9 Å². The molecule has 4 nitrogen and oxygen atoms in total. The zero-order valence-corrected chi connectivity index (χ0v) is 16.0. The lowest BCUT2D eigenvalue weighted by atomic mass is 9.80. The molecule has 1 unspecified atom stereocenters. The van der Waals surface area contributed by atoms with Gasteiger partial charge in [0.25, 0.3) is 0 Å². The lowest BCUT2D eigenvalue weighted by molar-refractivity contribution is 0.0400. The Balaban J connectivity index is 2.15. The van der Waals surface area contributed by atoms with Crippen LogP contribution in [0.4, 0.5) is 0 Å². The van der Waals surface area contributed by atoms with Gasteiger partial charge in [0.15, 0.2) is 6.79 Å². The van der Waals surface area contributed by atoms with Crippen molar-refractivity contribution in [3.05, 3.63) is 94.8 Å². The molecular formula is C23H25NO3. The molecule has 0 aliphatic carbocycles. The van der Waals surface area contributed by atoms with Crippen molar-refractivity contribution < 1.29 is 14.6 Å². The molecule has 0 spiro atoms. The highest BCUT2D eigenvalue weighted by Gasteiger charge is 2.35. The highest BCUT2D eigenvalue weighted by Crippen LogP contribution is 2.39. The Labute approximate surface area is 160 Å². The van der Waals surface area contributed by atoms with Gasteiger partial charge in [-0.15, -0.1) is 0 Å². The van der Waals surface area contributed by atoms with Crippen LogP contribution in [0.3, 0.4) is 0 Å². The minimum atomic E-state index is -1.25. The fraction of sp³-hybridized carbons (Fsp3) is 0.261. The van der Waals surface area contributed by atoms with Crippen molar-refractivity contribution in [2.24, 2.45) is 0 Å². The molecule has 1 atom stereocenters. The highest BCUT2D eigenvalue weighted by atomic mass is 16.7. The monoisotopic (exact) mass is 363 g/mol. The molecule has 1 N–H and O–H groups in total. The average Bonchev–Trinajstić information content (AvgIpc) is 2.68. The van der Waals surface area contributed by atoms with Gasteiger partial charge in [-0.3, -0.25) is 4.98 Å². The topological polar surface area (TPSA) is 51.6 Å². The Hall–Kier alpha value is -2.69. The molecule has 1 heterocycles. The number of aryl methyl sites for hydroxylation is 2. The van der Waals surface area contributed by atoms with E-state index in [4.69, 9.17) is 9.47 Å². The number of aromatic nitrogens is 1. The number of hydrogen-bond donors (Lipinski definition) is 1. The molecule has 0 amide bonds. The predicted molar refractivity (Wildman–Crippen MR) is 106 cm³/mol. The molecule has 4 heteroatoms. The molecule has 0 saturated carbocycles. The van der Waals surface area contributed by atoms with Crippen molar-refractivity contribution in [2.45, 2.75) is 25.9 Å². The van der Waals surface area contributed by atoms with Crippen molar-refractivity contribution in [3.8, 4) is 5.75 Å². The van der Waals surface area contributed by atoms with E-state index in [0.29, 0.717) is 12.2 Å². The summed E-state index contributed by atoms with van der Waals surface area (Å²) in [6.45, 7) is 4.16. The number of ether oxygens (including phenoxy) is 2. The summed E-state index contributed by atoms with van der Waals surface area (Å²) in [6, 6.07) is 17.6. The number of benzene rings is 2. The molecule has 0 bridgehead atoms. The maximum Gasteiger partial charge on any atom is 0.188 e. The molecule has 1 aromatic heterocycles.